The monoisotopic (exact) mass is 291 g/mol. The number of hydrazone groups is 1. The highest BCUT2D eigenvalue weighted by Gasteiger charge is 2.09. The predicted molar refractivity (Wildman–Crippen MR) is 79.6 cm³/mol. The number of hydrogen-bond donors (Lipinski definition) is 3. The normalized spacial score (nSPS) is 11.4. The summed E-state index contributed by atoms with van der Waals surface area (Å²) in [4.78, 5) is 8.17. The molecule has 0 aliphatic carbocycles. The van der Waals surface area contributed by atoms with Gasteiger partial charge >= 0.3 is 0 Å². The van der Waals surface area contributed by atoms with Crippen molar-refractivity contribution in [3.05, 3.63) is 41.2 Å². The molecule has 2 rings (SSSR count). The second-order valence-corrected chi connectivity index (χ2v) is 4.49. The number of nitrogens with two attached hydrogens (primary N) is 3. The van der Waals surface area contributed by atoms with Crippen LogP contribution in [0.1, 0.15) is 5.56 Å². The lowest BCUT2D eigenvalue weighted by atomic mass is 10.1. The lowest BCUT2D eigenvalue weighted by molar-refractivity contribution is 0.371. The molecule has 0 atom stereocenters. The van der Waals surface area contributed by atoms with E-state index in [0.717, 1.165) is 5.12 Å². The largest absolute Gasteiger partial charge is 0.382 e. The van der Waals surface area contributed by atoms with Crippen LogP contribution in [0.15, 0.2) is 35.7 Å². The molecular formula is C12H14ClN7. The SMILES string of the molecule is CN(N)/N=C(\N)c1ccc(Cl)c(-c2cnc(N)cn2)c1. The van der Waals surface area contributed by atoms with Gasteiger partial charge in [0.2, 0.25) is 0 Å². The number of nitrogens with zero attached hydrogens (tertiary/aromatic N) is 4. The van der Waals surface area contributed by atoms with Gasteiger partial charge in [0.05, 0.1) is 23.1 Å². The molecule has 0 spiro atoms. The smallest absolute Gasteiger partial charge is 0.152 e. The minimum absolute atomic E-state index is 0.274. The summed E-state index contributed by atoms with van der Waals surface area (Å²) in [6.45, 7) is 0. The van der Waals surface area contributed by atoms with Gasteiger partial charge in [0, 0.05) is 18.2 Å². The van der Waals surface area contributed by atoms with E-state index in [1.54, 1.807) is 31.4 Å². The van der Waals surface area contributed by atoms with E-state index >= 15 is 0 Å². The lowest BCUT2D eigenvalue weighted by Crippen LogP contribution is -2.25. The van der Waals surface area contributed by atoms with Crippen LogP contribution in [-0.2, 0) is 0 Å². The first kappa shape index (κ1) is 14.0. The number of hydrogen-bond acceptors (Lipinski definition) is 6. The van der Waals surface area contributed by atoms with Gasteiger partial charge in [-0.05, 0) is 18.2 Å². The Hall–Kier alpha value is -2.38. The van der Waals surface area contributed by atoms with Gasteiger partial charge in [-0.3, -0.25) is 4.98 Å². The van der Waals surface area contributed by atoms with Gasteiger partial charge < -0.3 is 11.5 Å². The fraction of sp³-hybridized carbons (Fsp3) is 0.0833. The van der Waals surface area contributed by atoms with Crippen molar-refractivity contribution in [3.8, 4) is 11.3 Å². The van der Waals surface area contributed by atoms with Crippen molar-refractivity contribution in [3.63, 3.8) is 0 Å². The molecule has 0 radical (unpaired) electrons. The zero-order valence-electron chi connectivity index (χ0n) is 10.8. The summed E-state index contributed by atoms with van der Waals surface area (Å²) < 4.78 is 0. The molecule has 0 saturated carbocycles. The average molecular weight is 292 g/mol. The number of anilines is 1. The van der Waals surface area contributed by atoms with E-state index < -0.39 is 0 Å². The molecule has 2 aromatic rings. The van der Waals surface area contributed by atoms with Crippen molar-refractivity contribution in [2.24, 2.45) is 16.7 Å². The molecule has 0 bridgehead atoms. The molecule has 6 N–H and O–H groups in total. The van der Waals surface area contributed by atoms with Gasteiger partial charge in [-0.1, -0.05) is 11.6 Å². The van der Waals surface area contributed by atoms with Crippen molar-refractivity contribution in [2.45, 2.75) is 0 Å². The number of nitrogen functional groups attached to an aromatic ring is 1. The van der Waals surface area contributed by atoms with E-state index in [-0.39, 0.29) is 5.84 Å². The highest BCUT2D eigenvalue weighted by molar-refractivity contribution is 6.33. The number of amidine groups is 1. The predicted octanol–water partition coefficient (Wildman–Crippen LogP) is 0.805. The summed E-state index contributed by atoms with van der Waals surface area (Å²) in [6.07, 6.45) is 3.01. The molecule has 0 saturated heterocycles. The van der Waals surface area contributed by atoms with Crippen LogP contribution in [0, 0.1) is 0 Å². The van der Waals surface area contributed by atoms with Gasteiger partial charge in [0.15, 0.2) is 5.84 Å². The molecule has 20 heavy (non-hydrogen) atoms. The van der Waals surface area contributed by atoms with E-state index in [1.165, 1.54) is 6.20 Å². The van der Waals surface area contributed by atoms with E-state index in [2.05, 4.69) is 15.1 Å². The molecule has 1 heterocycles. The fourth-order valence-electron chi connectivity index (χ4n) is 1.59. The first-order valence-corrected chi connectivity index (χ1v) is 6.05. The molecule has 1 aromatic heterocycles. The Bertz CT molecular complexity index is 637. The van der Waals surface area contributed by atoms with Crippen LogP contribution in [0.25, 0.3) is 11.3 Å². The fourth-order valence-corrected chi connectivity index (χ4v) is 1.80. The molecule has 0 aliphatic rings. The first-order valence-electron chi connectivity index (χ1n) is 5.67. The molecule has 7 nitrogen and oxygen atoms in total. The van der Waals surface area contributed by atoms with Gasteiger partial charge in [-0.25, -0.2) is 15.9 Å². The number of aromatic nitrogens is 2. The van der Waals surface area contributed by atoms with E-state index in [4.69, 9.17) is 28.9 Å². The van der Waals surface area contributed by atoms with Crippen molar-refractivity contribution >= 4 is 23.3 Å². The minimum atomic E-state index is 0.274. The average Bonchev–Trinajstić information content (AvgIpc) is 2.39. The summed E-state index contributed by atoms with van der Waals surface area (Å²) in [7, 11) is 1.58. The highest BCUT2D eigenvalue weighted by Crippen LogP contribution is 2.27. The lowest BCUT2D eigenvalue weighted by Gasteiger charge is -2.09. The van der Waals surface area contributed by atoms with Gasteiger partial charge in [-0.15, -0.1) is 5.10 Å². The maximum Gasteiger partial charge on any atom is 0.152 e. The van der Waals surface area contributed by atoms with Gasteiger partial charge in [0.25, 0.3) is 0 Å². The third-order valence-electron chi connectivity index (χ3n) is 2.48. The highest BCUT2D eigenvalue weighted by atomic mass is 35.5. The van der Waals surface area contributed by atoms with E-state index in [1.807, 2.05) is 0 Å². The molecule has 0 amide bonds. The zero-order chi connectivity index (χ0) is 14.7. The van der Waals surface area contributed by atoms with Crippen molar-refractivity contribution in [2.75, 3.05) is 12.8 Å². The summed E-state index contributed by atoms with van der Waals surface area (Å²) in [5.74, 6) is 6.04. The summed E-state index contributed by atoms with van der Waals surface area (Å²) in [6, 6.07) is 5.23. The van der Waals surface area contributed by atoms with Crippen LogP contribution >= 0.6 is 11.6 Å². The first-order chi connectivity index (χ1) is 9.47. The third kappa shape index (κ3) is 3.14. The van der Waals surface area contributed by atoms with Gasteiger partial charge in [-0.2, -0.15) is 0 Å². The zero-order valence-corrected chi connectivity index (χ0v) is 11.5. The number of rotatable bonds is 3. The Morgan fingerprint density at radius 2 is 2.05 bits per heavy atom. The van der Waals surface area contributed by atoms with E-state index in [0.29, 0.717) is 27.7 Å². The van der Waals surface area contributed by atoms with Crippen molar-refractivity contribution < 1.29 is 0 Å². The Morgan fingerprint density at radius 3 is 2.65 bits per heavy atom. The number of benzene rings is 1. The van der Waals surface area contributed by atoms with Crippen molar-refractivity contribution in [1.29, 1.82) is 0 Å². The molecule has 0 aliphatic heterocycles. The van der Waals surface area contributed by atoms with Crippen LogP contribution < -0.4 is 17.3 Å². The Balaban J connectivity index is 2.46. The molecule has 104 valence electrons. The molecular weight excluding hydrogens is 278 g/mol. The van der Waals surface area contributed by atoms with Crippen LogP contribution in [0.3, 0.4) is 0 Å². The Morgan fingerprint density at radius 1 is 1.30 bits per heavy atom. The standard InChI is InChI=1S/C12H14ClN7/c1-20(16)19-12(15)7-2-3-9(13)8(4-7)10-5-18-11(14)6-17-10/h2-6H,16H2,1H3,(H2,14,18)(H2,15,19). The van der Waals surface area contributed by atoms with Crippen molar-refractivity contribution in [1.82, 2.24) is 15.1 Å². The van der Waals surface area contributed by atoms with Crippen LogP contribution in [-0.4, -0.2) is 28.0 Å². The molecule has 8 heteroatoms. The van der Waals surface area contributed by atoms with Crippen LogP contribution in [0.4, 0.5) is 5.82 Å². The maximum absolute atomic E-state index is 6.17. The molecule has 0 unspecified atom stereocenters. The Kier molecular flexibility index (Phi) is 4.02. The maximum atomic E-state index is 6.17. The molecule has 1 aromatic carbocycles. The number of hydrazine groups is 1. The van der Waals surface area contributed by atoms with Crippen LogP contribution in [0.2, 0.25) is 5.02 Å². The summed E-state index contributed by atoms with van der Waals surface area (Å²) in [5, 5.41) is 5.59. The topological polar surface area (TPSA) is 119 Å². The van der Waals surface area contributed by atoms with Gasteiger partial charge in [0.1, 0.15) is 5.82 Å². The molecule has 0 fully saturated rings. The van der Waals surface area contributed by atoms with E-state index in [9.17, 15) is 0 Å². The minimum Gasteiger partial charge on any atom is -0.382 e. The second kappa shape index (κ2) is 5.72. The summed E-state index contributed by atoms with van der Waals surface area (Å²) >= 11 is 6.17. The quantitative estimate of drug-likeness (QED) is 0.333. The Labute approximate surface area is 121 Å². The van der Waals surface area contributed by atoms with Crippen LogP contribution in [0.5, 0.6) is 0 Å². The second-order valence-electron chi connectivity index (χ2n) is 4.08. The third-order valence-corrected chi connectivity index (χ3v) is 2.80. The number of halogens is 1. The summed E-state index contributed by atoms with van der Waals surface area (Å²) in [5.41, 5.74) is 13.3.